The van der Waals surface area contributed by atoms with E-state index in [1.165, 1.54) is 0 Å². The van der Waals surface area contributed by atoms with Gasteiger partial charge in [0.1, 0.15) is 12.4 Å². The van der Waals surface area contributed by atoms with Crippen LogP contribution in [0.15, 0.2) is 30.6 Å². The molecule has 0 spiro atoms. The van der Waals surface area contributed by atoms with Crippen LogP contribution in [0.2, 0.25) is 0 Å². The number of carbonyl (C=O) groups excluding carboxylic acids is 1. The third kappa shape index (κ3) is 2.37. The summed E-state index contributed by atoms with van der Waals surface area (Å²) in [5, 5.41) is 10.1. The molecule has 1 aromatic heterocycles. The zero-order chi connectivity index (χ0) is 13.2. The molecule has 0 atom stereocenters. The van der Waals surface area contributed by atoms with Crippen molar-refractivity contribution in [3.8, 4) is 5.75 Å². The molecule has 2 N–H and O–H groups in total. The van der Waals surface area contributed by atoms with Crippen LogP contribution in [-0.4, -0.2) is 28.8 Å². The highest BCUT2D eigenvalue weighted by molar-refractivity contribution is 5.98. The van der Waals surface area contributed by atoms with Gasteiger partial charge in [-0.1, -0.05) is 0 Å². The first-order chi connectivity index (χ1) is 9.22. The molecule has 0 saturated carbocycles. The van der Waals surface area contributed by atoms with E-state index in [1.54, 1.807) is 23.0 Å². The van der Waals surface area contributed by atoms with Gasteiger partial charge in [0.15, 0.2) is 0 Å². The molecule has 1 aromatic carbocycles. The zero-order valence-electron chi connectivity index (χ0n) is 10.5. The van der Waals surface area contributed by atoms with Crippen LogP contribution in [0.1, 0.15) is 10.4 Å². The monoisotopic (exact) mass is 258 g/mol. The molecule has 3 rings (SSSR count). The highest BCUT2D eigenvalue weighted by Crippen LogP contribution is 2.26. The van der Waals surface area contributed by atoms with Crippen molar-refractivity contribution in [3.05, 3.63) is 36.2 Å². The number of rotatable bonds is 2. The van der Waals surface area contributed by atoms with Gasteiger partial charge < -0.3 is 15.4 Å². The highest BCUT2D eigenvalue weighted by Gasteiger charge is 2.16. The van der Waals surface area contributed by atoms with Gasteiger partial charge in [0, 0.05) is 18.9 Å². The number of aryl methyl sites for hydroxylation is 1. The number of carbonyl (C=O) groups is 1. The van der Waals surface area contributed by atoms with E-state index in [0.717, 1.165) is 11.4 Å². The smallest absolute Gasteiger partial charge is 0.255 e. The molecule has 6 heteroatoms. The number of aromatic nitrogens is 2. The van der Waals surface area contributed by atoms with Crippen LogP contribution >= 0.6 is 0 Å². The second-order valence-corrected chi connectivity index (χ2v) is 4.34. The number of amides is 1. The van der Waals surface area contributed by atoms with E-state index in [1.807, 2.05) is 19.3 Å². The van der Waals surface area contributed by atoms with Crippen LogP contribution in [0.25, 0.3) is 0 Å². The predicted molar refractivity (Wildman–Crippen MR) is 70.8 cm³/mol. The lowest BCUT2D eigenvalue weighted by molar-refractivity contribution is 0.0957. The molecule has 1 amide bonds. The van der Waals surface area contributed by atoms with Crippen LogP contribution < -0.4 is 15.4 Å². The van der Waals surface area contributed by atoms with Crippen LogP contribution in [0.4, 0.5) is 11.4 Å². The second-order valence-electron chi connectivity index (χ2n) is 4.34. The maximum absolute atomic E-state index is 11.9. The van der Waals surface area contributed by atoms with Crippen LogP contribution in [-0.2, 0) is 7.05 Å². The van der Waals surface area contributed by atoms with Crippen LogP contribution in [0.5, 0.6) is 5.75 Å². The summed E-state index contributed by atoms with van der Waals surface area (Å²) in [6, 6.07) is 5.46. The van der Waals surface area contributed by atoms with E-state index in [9.17, 15) is 4.79 Å². The van der Waals surface area contributed by atoms with Crippen molar-refractivity contribution in [2.24, 2.45) is 7.05 Å². The Balaban J connectivity index is 1.89. The maximum atomic E-state index is 11.9. The average Bonchev–Trinajstić information content (AvgIpc) is 2.71. The lowest BCUT2D eigenvalue weighted by atomic mass is 10.1. The number of nitrogens with one attached hydrogen (secondary N) is 2. The molecule has 0 unspecified atom stereocenters. The van der Waals surface area contributed by atoms with Crippen molar-refractivity contribution >= 4 is 17.3 Å². The Hall–Kier alpha value is -2.50. The van der Waals surface area contributed by atoms with E-state index in [-0.39, 0.29) is 5.91 Å². The molecule has 1 aliphatic heterocycles. The standard InChI is InChI=1S/C13H14N4O2/c1-17-8-10(7-15-17)16-9-2-3-12-11(6-9)13(18)14-4-5-19-12/h2-3,6-8,16H,4-5H2,1H3,(H,14,18). The lowest BCUT2D eigenvalue weighted by Gasteiger charge is -2.08. The summed E-state index contributed by atoms with van der Waals surface area (Å²) < 4.78 is 7.21. The maximum Gasteiger partial charge on any atom is 0.255 e. The van der Waals surface area contributed by atoms with E-state index in [2.05, 4.69) is 15.7 Å². The number of benzene rings is 1. The quantitative estimate of drug-likeness (QED) is 0.851. The van der Waals surface area contributed by atoms with Gasteiger partial charge >= 0.3 is 0 Å². The number of hydrogen-bond acceptors (Lipinski definition) is 4. The lowest BCUT2D eigenvalue weighted by Crippen LogP contribution is -2.24. The first-order valence-electron chi connectivity index (χ1n) is 6.03. The van der Waals surface area contributed by atoms with Crippen LogP contribution in [0, 0.1) is 0 Å². The molecule has 0 saturated heterocycles. The van der Waals surface area contributed by atoms with Gasteiger partial charge in [-0.05, 0) is 18.2 Å². The molecule has 0 aliphatic carbocycles. The van der Waals surface area contributed by atoms with Gasteiger partial charge in [0.25, 0.3) is 5.91 Å². The van der Waals surface area contributed by atoms with Crippen molar-refractivity contribution in [1.29, 1.82) is 0 Å². The average molecular weight is 258 g/mol. The molecule has 0 radical (unpaired) electrons. The summed E-state index contributed by atoms with van der Waals surface area (Å²) in [5.41, 5.74) is 2.25. The SMILES string of the molecule is Cn1cc(Nc2ccc3c(c2)C(=O)NCCO3)cn1. The molecule has 2 heterocycles. The van der Waals surface area contributed by atoms with Gasteiger partial charge in [-0.2, -0.15) is 5.10 Å². The van der Waals surface area contributed by atoms with Crippen molar-refractivity contribution < 1.29 is 9.53 Å². The van der Waals surface area contributed by atoms with Gasteiger partial charge in [-0.3, -0.25) is 9.48 Å². The normalized spacial score (nSPS) is 14.1. The second kappa shape index (κ2) is 4.64. The summed E-state index contributed by atoms with van der Waals surface area (Å²) in [6.45, 7) is 1.02. The van der Waals surface area contributed by atoms with Gasteiger partial charge in [-0.15, -0.1) is 0 Å². The van der Waals surface area contributed by atoms with E-state index in [4.69, 9.17) is 4.74 Å². The largest absolute Gasteiger partial charge is 0.491 e. The summed E-state index contributed by atoms with van der Waals surface area (Å²) in [6.07, 6.45) is 3.59. The highest BCUT2D eigenvalue weighted by atomic mass is 16.5. The van der Waals surface area contributed by atoms with E-state index < -0.39 is 0 Å². The van der Waals surface area contributed by atoms with Crippen molar-refractivity contribution in [2.45, 2.75) is 0 Å². The van der Waals surface area contributed by atoms with Gasteiger partial charge in [0.05, 0.1) is 24.0 Å². The molecule has 0 bridgehead atoms. The predicted octanol–water partition coefficient (Wildman–Crippen LogP) is 1.29. The van der Waals surface area contributed by atoms with Crippen molar-refractivity contribution in [1.82, 2.24) is 15.1 Å². The number of fused-ring (bicyclic) bond motifs is 1. The first kappa shape index (κ1) is 11.6. The Labute approximate surface area is 110 Å². The topological polar surface area (TPSA) is 68.2 Å². The van der Waals surface area contributed by atoms with E-state index in [0.29, 0.717) is 24.5 Å². The van der Waals surface area contributed by atoms with Crippen molar-refractivity contribution in [3.63, 3.8) is 0 Å². The molecule has 2 aromatic rings. The third-order valence-electron chi connectivity index (χ3n) is 2.86. The Bertz CT molecular complexity index is 621. The van der Waals surface area contributed by atoms with Gasteiger partial charge in [-0.25, -0.2) is 0 Å². The molecule has 6 nitrogen and oxygen atoms in total. The molecular formula is C13H14N4O2. The summed E-state index contributed by atoms with van der Waals surface area (Å²) in [7, 11) is 1.85. The van der Waals surface area contributed by atoms with Gasteiger partial charge in [0.2, 0.25) is 0 Å². The Morgan fingerprint density at radius 3 is 3.11 bits per heavy atom. The van der Waals surface area contributed by atoms with E-state index >= 15 is 0 Å². The zero-order valence-corrected chi connectivity index (χ0v) is 10.5. The Morgan fingerprint density at radius 1 is 1.42 bits per heavy atom. The Morgan fingerprint density at radius 2 is 2.32 bits per heavy atom. The summed E-state index contributed by atoms with van der Waals surface area (Å²) in [4.78, 5) is 11.9. The fraction of sp³-hybridized carbons (Fsp3) is 0.231. The third-order valence-corrected chi connectivity index (χ3v) is 2.86. The fourth-order valence-electron chi connectivity index (χ4n) is 1.98. The fourth-order valence-corrected chi connectivity index (χ4v) is 1.98. The molecule has 1 aliphatic rings. The number of ether oxygens (including phenoxy) is 1. The molecule has 98 valence electrons. The number of anilines is 2. The molecular weight excluding hydrogens is 244 g/mol. The summed E-state index contributed by atoms with van der Waals surface area (Å²) in [5.74, 6) is 0.508. The molecule has 19 heavy (non-hydrogen) atoms. The van der Waals surface area contributed by atoms with Crippen LogP contribution in [0.3, 0.4) is 0 Å². The minimum Gasteiger partial charge on any atom is -0.491 e. The number of nitrogens with zero attached hydrogens (tertiary/aromatic N) is 2. The minimum absolute atomic E-state index is 0.109. The Kier molecular flexibility index (Phi) is 2.83. The molecule has 0 fully saturated rings. The minimum atomic E-state index is -0.109. The van der Waals surface area contributed by atoms with Crippen molar-refractivity contribution in [2.75, 3.05) is 18.5 Å². The summed E-state index contributed by atoms with van der Waals surface area (Å²) >= 11 is 0. The first-order valence-corrected chi connectivity index (χ1v) is 6.03. The number of hydrogen-bond donors (Lipinski definition) is 2.